The van der Waals surface area contributed by atoms with Gasteiger partial charge in [0.05, 0.1) is 4.47 Å². The van der Waals surface area contributed by atoms with E-state index in [0.717, 1.165) is 21.3 Å². The van der Waals surface area contributed by atoms with E-state index in [1.54, 1.807) is 0 Å². The molecule has 0 heterocycles. The van der Waals surface area contributed by atoms with E-state index in [-0.39, 0.29) is 0 Å². The van der Waals surface area contributed by atoms with E-state index in [2.05, 4.69) is 22.9 Å². The fourth-order valence-electron chi connectivity index (χ4n) is 1.39. The zero-order valence-corrected chi connectivity index (χ0v) is 10.4. The predicted octanol–water partition coefficient (Wildman–Crippen LogP) is 4.21. The molecule has 2 heteroatoms. The maximum absolute atomic E-state index is 5.72. The first-order valence-corrected chi connectivity index (χ1v) is 5.83. The molecular formula is C14H12BrO. The van der Waals surface area contributed by atoms with E-state index in [4.69, 9.17) is 4.74 Å². The molecule has 0 aliphatic carbocycles. The Balaban J connectivity index is 2.08. The second-order valence-electron chi connectivity index (χ2n) is 3.54. The van der Waals surface area contributed by atoms with Gasteiger partial charge in [0.25, 0.3) is 0 Å². The lowest BCUT2D eigenvalue weighted by atomic mass is 10.2. The summed E-state index contributed by atoms with van der Waals surface area (Å²) in [7, 11) is 0. The van der Waals surface area contributed by atoms with Gasteiger partial charge in [-0.1, -0.05) is 36.4 Å². The molecule has 2 aromatic carbocycles. The predicted molar refractivity (Wildman–Crippen MR) is 69.4 cm³/mol. The van der Waals surface area contributed by atoms with Crippen molar-refractivity contribution in [3.05, 3.63) is 71.1 Å². The minimum absolute atomic E-state index is 0.572. The summed E-state index contributed by atoms with van der Waals surface area (Å²) < 4.78 is 6.67. The van der Waals surface area contributed by atoms with E-state index in [0.29, 0.717) is 6.61 Å². The summed E-state index contributed by atoms with van der Waals surface area (Å²) >= 11 is 3.45. The molecule has 0 bridgehead atoms. The van der Waals surface area contributed by atoms with Gasteiger partial charge in [-0.3, -0.25) is 0 Å². The van der Waals surface area contributed by atoms with Gasteiger partial charge in [-0.2, -0.15) is 0 Å². The van der Waals surface area contributed by atoms with E-state index in [1.165, 1.54) is 0 Å². The van der Waals surface area contributed by atoms with Crippen LogP contribution < -0.4 is 4.74 Å². The zero-order valence-electron chi connectivity index (χ0n) is 8.82. The summed E-state index contributed by atoms with van der Waals surface area (Å²) in [5.41, 5.74) is 2.11. The zero-order chi connectivity index (χ0) is 11.4. The molecule has 81 valence electrons. The Morgan fingerprint density at radius 1 is 1.06 bits per heavy atom. The molecule has 0 amide bonds. The molecule has 0 N–H and O–H groups in total. The average molecular weight is 276 g/mol. The molecule has 0 spiro atoms. The summed E-state index contributed by atoms with van der Waals surface area (Å²) in [6.45, 7) is 4.45. The highest BCUT2D eigenvalue weighted by atomic mass is 79.9. The number of rotatable bonds is 3. The third-order valence-electron chi connectivity index (χ3n) is 2.23. The number of benzene rings is 2. The Bertz CT molecular complexity index is 465. The topological polar surface area (TPSA) is 9.23 Å². The van der Waals surface area contributed by atoms with Crippen LogP contribution in [0.15, 0.2) is 53.0 Å². The number of hydrogen-bond acceptors (Lipinski definition) is 1. The van der Waals surface area contributed by atoms with Crippen molar-refractivity contribution in [2.24, 2.45) is 0 Å². The minimum atomic E-state index is 0.572. The highest BCUT2D eigenvalue weighted by molar-refractivity contribution is 9.10. The highest BCUT2D eigenvalue weighted by Crippen LogP contribution is 2.26. The van der Waals surface area contributed by atoms with E-state index < -0.39 is 0 Å². The normalized spacial score (nSPS) is 10.1. The van der Waals surface area contributed by atoms with Crippen molar-refractivity contribution in [1.82, 2.24) is 0 Å². The van der Waals surface area contributed by atoms with Gasteiger partial charge in [0, 0.05) is 0 Å². The van der Waals surface area contributed by atoms with Crippen molar-refractivity contribution in [2.45, 2.75) is 6.61 Å². The van der Waals surface area contributed by atoms with E-state index in [1.807, 2.05) is 48.5 Å². The summed E-state index contributed by atoms with van der Waals surface area (Å²) in [6.07, 6.45) is 0. The summed E-state index contributed by atoms with van der Waals surface area (Å²) in [5.74, 6) is 0.830. The van der Waals surface area contributed by atoms with Gasteiger partial charge in [0.2, 0.25) is 0 Å². The first kappa shape index (κ1) is 11.2. The molecule has 0 saturated heterocycles. The van der Waals surface area contributed by atoms with Gasteiger partial charge in [-0.05, 0) is 46.1 Å². The van der Waals surface area contributed by atoms with E-state index in [9.17, 15) is 0 Å². The first-order valence-electron chi connectivity index (χ1n) is 5.04. The van der Waals surface area contributed by atoms with Crippen LogP contribution in [0.3, 0.4) is 0 Å². The second kappa shape index (κ2) is 5.17. The standard InChI is InChI=1S/C14H12BrO/c1-11-7-8-13(15)14(9-11)16-10-12-5-3-2-4-6-12/h2-9H,1,10H2. The SMILES string of the molecule is [CH2]c1ccc(Br)c(OCc2ccccc2)c1. The van der Waals surface area contributed by atoms with Crippen LogP contribution >= 0.6 is 15.9 Å². The molecule has 0 aliphatic heterocycles. The third kappa shape index (κ3) is 2.86. The maximum Gasteiger partial charge on any atom is 0.134 e. The summed E-state index contributed by atoms with van der Waals surface area (Å²) in [6, 6.07) is 15.9. The molecule has 0 unspecified atom stereocenters. The smallest absolute Gasteiger partial charge is 0.134 e. The molecule has 1 radical (unpaired) electrons. The number of ether oxygens (including phenoxy) is 1. The number of halogens is 1. The van der Waals surface area contributed by atoms with Crippen molar-refractivity contribution in [3.8, 4) is 5.75 Å². The number of hydrogen-bond donors (Lipinski definition) is 0. The average Bonchev–Trinajstić information content (AvgIpc) is 2.32. The van der Waals surface area contributed by atoms with Gasteiger partial charge in [-0.15, -0.1) is 0 Å². The fraction of sp³-hybridized carbons (Fsp3) is 0.0714. The molecule has 0 atom stereocenters. The van der Waals surface area contributed by atoms with Crippen molar-refractivity contribution < 1.29 is 4.74 Å². The van der Waals surface area contributed by atoms with Crippen molar-refractivity contribution in [2.75, 3.05) is 0 Å². The Labute approximate surface area is 104 Å². The molecule has 2 rings (SSSR count). The molecule has 0 fully saturated rings. The van der Waals surface area contributed by atoms with E-state index >= 15 is 0 Å². The van der Waals surface area contributed by atoms with Gasteiger partial charge in [0.15, 0.2) is 0 Å². The Kier molecular flexibility index (Phi) is 3.62. The second-order valence-corrected chi connectivity index (χ2v) is 4.39. The lowest BCUT2D eigenvalue weighted by Gasteiger charge is -2.08. The van der Waals surface area contributed by atoms with Crippen LogP contribution in [0.25, 0.3) is 0 Å². The van der Waals surface area contributed by atoms with Crippen LogP contribution in [0, 0.1) is 6.92 Å². The van der Waals surface area contributed by atoms with Crippen molar-refractivity contribution >= 4 is 15.9 Å². The molecule has 16 heavy (non-hydrogen) atoms. The molecule has 2 aromatic rings. The van der Waals surface area contributed by atoms with Crippen LogP contribution in [0.4, 0.5) is 0 Å². The fourth-order valence-corrected chi connectivity index (χ4v) is 1.75. The third-order valence-corrected chi connectivity index (χ3v) is 2.89. The molecule has 1 nitrogen and oxygen atoms in total. The van der Waals surface area contributed by atoms with Crippen LogP contribution in [0.2, 0.25) is 0 Å². The Hall–Kier alpha value is -1.28. The monoisotopic (exact) mass is 275 g/mol. The Morgan fingerprint density at radius 2 is 1.81 bits per heavy atom. The van der Waals surface area contributed by atoms with Crippen molar-refractivity contribution in [3.63, 3.8) is 0 Å². The quantitative estimate of drug-likeness (QED) is 0.816. The molecule has 0 saturated carbocycles. The first-order chi connectivity index (χ1) is 7.75. The largest absolute Gasteiger partial charge is 0.488 e. The summed E-state index contributed by atoms with van der Waals surface area (Å²) in [4.78, 5) is 0. The van der Waals surface area contributed by atoms with Gasteiger partial charge in [-0.25, -0.2) is 0 Å². The van der Waals surface area contributed by atoms with Gasteiger partial charge >= 0.3 is 0 Å². The van der Waals surface area contributed by atoms with Crippen LogP contribution in [0.1, 0.15) is 11.1 Å². The minimum Gasteiger partial charge on any atom is -0.488 e. The van der Waals surface area contributed by atoms with Crippen molar-refractivity contribution in [1.29, 1.82) is 0 Å². The van der Waals surface area contributed by atoms with Crippen LogP contribution in [0.5, 0.6) is 5.75 Å². The maximum atomic E-state index is 5.72. The lowest BCUT2D eigenvalue weighted by molar-refractivity contribution is 0.304. The molecule has 0 aromatic heterocycles. The highest BCUT2D eigenvalue weighted by Gasteiger charge is 2.01. The van der Waals surface area contributed by atoms with Gasteiger partial charge in [0.1, 0.15) is 12.4 Å². The summed E-state index contributed by atoms with van der Waals surface area (Å²) in [5, 5.41) is 0. The molecule has 0 aliphatic rings. The van der Waals surface area contributed by atoms with Gasteiger partial charge < -0.3 is 4.74 Å². The Morgan fingerprint density at radius 3 is 2.56 bits per heavy atom. The van der Waals surface area contributed by atoms with Crippen LogP contribution in [-0.4, -0.2) is 0 Å². The lowest BCUT2D eigenvalue weighted by Crippen LogP contribution is -1.95. The van der Waals surface area contributed by atoms with Crippen LogP contribution in [-0.2, 0) is 6.61 Å². The molecular weight excluding hydrogens is 264 g/mol.